The number of anilines is 1. The lowest BCUT2D eigenvalue weighted by Gasteiger charge is -2.35. The molecule has 1 aliphatic rings. The summed E-state index contributed by atoms with van der Waals surface area (Å²) in [7, 11) is 0. The lowest BCUT2D eigenvalue weighted by atomic mass is 10.0. The Kier molecular flexibility index (Phi) is 4.54. The third-order valence-electron chi connectivity index (χ3n) is 4.95. The van der Waals surface area contributed by atoms with Crippen molar-refractivity contribution in [1.29, 1.82) is 5.26 Å². The van der Waals surface area contributed by atoms with E-state index in [1.54, 1.807) is 0 Å². The number of rotatable bonds is 2. The van der Waals surface area contributed by atoms with Crippen LogP contribution in [-0.2, 0) is 0 Å². The first-order chi connectivity index (χ1) is 13.1. The molecule has 1 aliphatic heterocycles. The highest BCUT2D eigenvalue weighted by molar-refractivity contribution is 7.12. The summed E-state index contributed by atoms with van der Waals surface area (Å²) in [5, 5.41) is 12.6. The Bertz CT molecular complexity index is 1040. The number of amides is 1. The van der Waals surface area contributed by atoms with Crippen LogP contribution < -0.4 is 4.90 Å². The third kappa shape index (κ3) is 3.26. The standard InChI is InChI=1S/C21H20N4OS/c1-14-10-15(2)19-16(11-14)12-17(13-22)20(23-19)24-5-7-25(8-6-24)21(26)18-4-3-9-27-18/h3-4,9-12H,5-8H2,1-2H3. The molecule has 0 radical (unpaired) electrons. The molecule has 4 rings (SSSR count). The molecule has 0 aliphatic carbocycles. The van der Waals surface area contributed by atoms with E-state index in [2.05, 4.69) is 36.9 Å². The summed E-state index contributed by atoms with van der Waals surface area (Å²) < 4.78 is 0. The highest BCUT2D eigenvalue weighted by atomic mass is 32.1. The number of carbonyl (C=O) groups is 1. The van der Waals surface area contributed by atoms with Crippen LogP contribution in [0.2, 0.25) is 0 Å². The van der Waals surface area contributed by atoms with Gasteiger partial charge in [-0.05, 0) is 43.0 Å². The molecule has 0 atom stereocenters. The number of piperazine rings is 1. The molecule has 27 heavy (non-hydrogen) atoms. The predicted molar refractivity (Wildman–Crippen MR) is 108 cm³/mol. The fourth-order valence-corrected chi connectivity index (χ4v) is 4.33. The van der Waals surface area contributed by atoms with Gasteiger partial charge in [0, 0.05) is 31.6 Å². The van der Waals surface area contributed by atoms with Crippen LogP contribution in [0.1, 0.15) is 26.4 Å². The minimum Gasteiger partial charge on any atom is -0.352 e. The minimum absolute atomic E-state index is 0.0861. The van der Waals surface area contributed by atoms with Crippen molar-refractivity contribution >= 4 is 34.0 Å². The first-order valence-electron chi connectivity index (χ1n) is 8.96. The van der Waals surface area contributed by atoms with Gasteiger partial charge in [-0.15, -0.1) is 11.3 Å². The van der Waals surface area contributed by atoms with Gasteiger partial charge >= 0.3 is 0 Å². The first-order valence-corrected chi connectivity index (χ1v) is 9.84. The zero-order valence-corrected chi connectivity index (χ0v) is 16.2. The maximum absolute atomic E-state index is 12.5. The van der Waals surface area contributed by atoms with Crippen molar-refractivity contribution in [3.8, 4) is 6.07 Å². The molecule has 1 amide bonds. The number of aryl methyl sites for hydroxylation is 2. The number of benzene rings is 1. The van der Waals surface area contributed by atoms with Gasteiger partial charge in [0.2, 0.25) is 0 Å². The minimum atomic E-state index is 0.0861. The summed E-state index contributed by atoms with van der Waals surface area (Å²) in [5.41, 5.74) is 3.80. The smallest absolute Gasteiger partial charge is 0.264 e. The lowest BCUT2D eigenvalue weighted by molar-refractivity contribution is 0.0751. The number of hydrogen-bond acceptors (Lipinski definition) is 5. The van der Waals surface area contributed by atoms with Gasteiger partial charge in [0.05, 0.1) is 16.0 Å². The Morgan fingerprint density at radius 1 is 1.19 bits per heavy atom. The maximum atomic E-state index is 12.5. The molecule has 0 saturated carbocycles. The molecule has 136 valence electrons. The second-order valence-electron chi connectivity index (χ2n) is 6.88. The van der Waals surface area contributed by atoms with E-state index in [1.165, 1.54) is 16.9 Å². The molecule has 1 fully saturated rings. The van der Waals surface area contributed by atoms with Crippen molar-refractivity contribution in [1.82, 2.24) is 9.88 Å². The average Bonchev–Trinajstić information content (AvgIpc) is 3.21. The SMILES string of the molecule is Cc1cc(C)c2nc(N3CCN(C(=O)c4cccs4)CC3)c(C#N)cc2c1. The van der Waals surface area contributed by atoms with Gasteiger partial charge in [-0.2, -0.15) is 5.26 Å². The number of carbonyl (C=O) groups excluding carboxylic acids is 1. The summed E-state index contributed by atoms with van der Waals surface area (Å²) in [4.78, 5) is 22.1. The Balaban J connectivity index is 1.60. The lowest BCUT2D eigenvalue weighted by Crippen LogP contribution is -2.49. The van der Waals surface area contributed by atoms with Crippen molar-refractivity contribution in [2.24, 2.45) is 0 Å². The zero-order valence-electron chi connectivity index (χ0n) is 15.4. The van der Waals surface area contributed by atoms with Crippen molar-refractivity contribution in [3.05, 3.63) is 57.3 Å². The van der Waals surface area contributed by atoms with E-state index in [9.17, 15) is 10.1 Å². The molecule has 0 unspecified atom stereocenters. The molecule has 0 N–H and O–H groups in total. The Morgan fingerprint density at radius 3 is 2.63 bits per heavy atom. The Labute approximate surface area is 162 Å². The van der Waals surface area contributed by atoms with E-state index in [0.717, 1.165) is 27.2 Å². The van der Waals surface area contributed by atoms with Crippen LogP contribution in [0.25, 0.3) is 10.9 Å². The van der Waals surface area contributed by atoms with Crippen molar-refractivity contribution < 1.29 is 4.79 Å². The largest absolute Gasteiger partial charge is 0.352 e. The third-order valence-corrected chi connectivity index (χ3v) is 5.81. The zero-order chi connectivity index (χ0) is 19.0. The van der Waals surface area contributed by atoms with Gasteiger partial charge in [-0.3, -0.25) is 4.79 Å². The van der Waals surface area contributed by atoms with E-state index in [0.29, 0.717) is 31.7 Å². The highest BCUT2D eigenvalue weighted by Gasteiger charge is 2.25. The second-order valence-corrected chi connectivity index (χ2v) is 7.83. The number of pyridine rings is 1. The maximum Gasteiger partial charge on any atom is 0.264 e. The summed E-state index contributed by atoms with van der Waals surface area (Å²) in [6.07, 6.45) is 0. The molecule has 3 aromatic rings. The Morgan fingerprint density at radius 2 is 1.96 bits per heavy atom. The summed E-state index contributed by atoms with van der Waals surface area (Å²) >= 11 is 1.47. The van der Waals surface area contributed by atoms with Crippen LogP contribution in [0, 0.1) is 25.2 Å². The molecule has 3 heterocycles. The number of thiophene rings is 1. The van der Waals surface area contributed by atoms with Crippen molar-refractivity contribution in [2.75, 3.05) is 31.1 Å². The molecule has 1 aromatic carbocycles. The summed E-state index contributed by atoms with van der Waals surface area (Å²) in [6.45, 7) is 6.72. The molecule has 6 heteroatoms. The summed E-state index contributed by atoms with van der Waals surface area (Å²) in [6, 6.07) is 12.2. The van der Waals surface area contributed by atoms with Crippen LogP contribution in [0.15, 0.2) is 35.7 Å². The number of aromatic nitrogens is 1. The van der Waals surface area contributed by atoms with E-state index in [4.69, 9.17) is 4.98 Å². The average molecular weight is 376 g/mol. The molecule has 1 saturated heterocycles. The van der Waals surface area contributed by atoms with E-state index < -0.39 is 0 Å². The molecule has 0 spiro atoms. The van der Waals surface area contributed by atoms with Gasteiger partial charge in [0.15, 0.2) is 0 Å². The quantitative estimate of drug-likeness (QED) is 0.683. The fraction of sp³-hybridized carbons (Fsp3) is 0.286. The van der Waals surface area contributed by atoms with Crippen molar-refractivity contribution in [2.45, 2.75) is 13.8 Å². The fourth-order valence-electron chi connectivity index (χ4n) is 3.64. The van der Waals surface area contributed by atoms with Gasteiger partial charge in [0.1, 0.15) is 11.9 Å². The summed E-state index contributed by atoms with van der Waals surface area (Å²) in [5.74, 6) is 0.808. The van der Waals surface area contributed by atoms with Crippen LogP contribution in [0.3, 0.4) is 0 Å². The van der Waals surface area contributed by atoms with Crippen LogP contribution >= 0.6 is 11.3 Å². The Hall–Kier alpha value is -2.91. The number of hydrogen-bond donors (Lipinski definition) is 0. The number of nitrogens with zero attached hydrogens (tertiary/aromatic N) is 4. The molecular weight excluding hydrogens is 356 g/mol. The van der Waals surface area contributed by atoms with Crippen LogP contribution in [-0.4, -0.2) is 42.0 Å². The van der Waals surface area contributed by atoms with Crippen LogP contribution in [0.5, 0.6) is 0 Å². The van der Waals surface area contributed by atoms with E-state index >= 15 is 0 Å². The van der Waals surface area contributed by atoms with E-state index in [1.807, 2.05) is 28.5 Å². The first kappa shape index (κ1) is 17.5. The van der Waals surface area contributed by atoms with Gasteiger partial charge < -0.3 is 9.80 Å². The monoisotopic (exact) mass is 376 g/mol. The normalized spacial score (nSPS) is 14.4. The second kappa shape index (κ2) is 7.01. The van der Waals surface area contributed by atoms with Crippen LogP contribution in [0.4, 0.5) is 5.82 Å². The van der Waals surface area contributed by atoms with Gasteiger partial charge in [0.25, 0.3) is 5.91 Å². The molecule has 0 bridgehead atoms. The molecular formula is C21H20N4OS. The van der Waals surface area contributed by atoms with Gasteiger partial charge in [-0.1, -0.05) is 17.7 Å². The number of nitriles is 1. The number of fused-ring (bicyclic) bond motifs is 1. The van der Waals surface area contributed by atoms with E-state index in [-0.39, 0.29) is 5.91 Å². The predicted octanol–water partition coefficient (Wildman–Crippen LogP) is 3.75. The molecule has 2 aromatic heterocycles. The molecule has 5 nitrogen and oxygen atoms in total. The van der Waals surface area contributed by atoms with Gasteiger partial charge in [-0.25, -0.2) is 4.98 Å². The topological polar surface area (TPSA) is 60.2 Å². The highest BCUT2D eigenvalue weighted by Crippen LogP contribution is 2.27. The van der Waals surface area contributed by atoms with Crippen molar-refractivity contribution in [3.63, 3.8) is 0 Å².